The zero-order valence-electron chi connectivity index (χ0n) is 18.1. The molecule has 2 aliphatic rings. The van der Waals surface area contributed by atoms with Crippen molar-refractivity contribution < 1.29 is 4.79 Å². The largest absolute Gasteiger partial charge is 0.368 e. The Hall–Kier alpha value is -2.04. The Balaban J connectivity index is 1.33. The molecule has 1 atom stereocenters. The molecule has 2 aliphatic heterocycles. The third-order valence-electron chi connectivity index (χ3n) is 6.66. The molecule has 2 aromatic rings. The summed E-state index contributed by atoms with van der Waals surface area (Å²) in [7, 11) is 0. The van der Waals surface area contributed by atoms with E-state index in [1.807, 2.05) is 18.2 Å². The standard InChI is InChI=1S/C25H32ClN3O/c1-19-6-3-10-24(20(19)2)28-12-14-29(15-13-28)25(30)22-8-5-11-27(18-22)17-21-7-4-9-23(26)16-21/h3-4,6-7,9-10,16,22H,5,8,11-15,17-18H2,1-2H3. The fourth-order valence-corrected chi connectivity index (χ4v) is 5.01. The second-order valence-corrected chi connectivity index (χ2v) is 9.17. The first kappa shape index (κ1) is 21.2. The van der Waals surface area contributed by atoms with Crippen LogP contribution in [-0.4, -0.2) is 55.0 Å². The smallest absolute Gasteiger partial charge is 0.227 e. The van der Waals surface area contributed by atoms with Crippen LogP contribution in [0.15, 0.2) is 42.5 Å². The molecule has 4 nitrogen and oxygen atoms in total. The second-order valence-electron chi connectivity index (χ2n) is 8.74. The van der Waals surface area contributed by atoms with Crippen molar-refractivity contribution in [2.45, 2.75) is 33.2 Å². The molecule has 2 heterocycles. The van der Waals surface area contributed by atoms with Gasteiger partial charge in [-0.15, -0.1) is 0 Å². The van der Waals surface area contributed by atoms with Crippen LogP contribution in [0.4, 0.5) is 5.69 Å². The van der Waals surface area contributed by atoms with Crippen molar-refractivity contribution in [2.24, 2.45) is 5.92 Å². The number of carbonyl (C=O) groups excluding carboxylic acids is 1. The number of benzene rings is 2. The van der Waals surface area contributed by atoms with Gasteiger partial charge in [-0.25, -0.2) is 0 Å². The monoisotopic (exact) mass is 425 g/mol. The lowest BCUT2D eigenvalue weighted by atomic mass is 9.95. The fraction of sp³-hybridized carbons (Fsp3) is 0.480. The summed E-state index contributed by atoms with van der Waals surface area (Å²) >= 11 is 6.13. The average molecular weight is 426 g/mol. The van der Waals surface area contributed by atoms with Gasteiger partial charge in [0.25, 0.3) is 0 Å². The zero-order valence-corrected chi connectivity index (χ0v) is 18.9. The number of likely N-dealkylation sites (tertiary alicyclic amines) is 1. The topological polar surface area (TPSA) is 26.8 Å². The lowest BCUT2D eigenvalue weighted by molar-refractivity contribution is -0.137. The number of hydrogen-bond donors (Lipinski definition) is 0. The number of aryl methyl sites for hydroxylation is 1. The molecule has 30 heavy (non-hydrogen) atoms. The van der Waals surface area contributed by atoms with Crippen LogP contribution < -0.4 is 4.90 Å². The van der Waals surface area contributed by atoms with Gasteiger partial charge in [-0.05, 0) is 68.1 Å². The summed E-state index contributed by atoms with van der Waals surface area (Å²) in [4.78, 5) is 20.2. The van der Waals surface area contributed by atoms with Gasteiger partial charge in [0.05, 0.1) is 5.92 Å². The normalized spacial score (nSPS) is 20.4. The maximum Gasteiger partial charge on any atom is 0.227 e. The van der Waals surface area contributed by atoms with Crippen LogP contribution in [0.25, 0.3) is 0 Å². The van der Waals surface area contributed by atoms with Crippen LogP contribution in [0, 0.1) is 19.8 Å². The third-order valence-corrected chi connectivity index (χ3v) is 6.89. The van der Waals surface area contributed by atoms with E-state index in [-0.39, 0.29) is 5.92 Å². The highest BCUT2D eigenvalue weighted by atomic mass is 35.5. The molecule has 0 aliphatic carbocycles. The van der Waals surface area contributed by atoms with E-state index >= 15 is 0 Å². The Morgan fingerprint density at radius 2 is 1.80 bits per heavy atom. The van der Waals surface area contributed by atoms with E-state index in [1.54, 1.807) is 0 Å². The molecule has 0 aromatic heterocycles. The fourth-order valence-electron chi connectivity index (χ4n) is 4.80. The molecule has 2 fully saturated rings. The number of halogens is 1. The number of rotatable bonds is 4. The predicted molar refractivity (Wildman–Crippen MR) is 124 cm³/mol. The molecule has 2 saturated heterocycles. The number of anilines is 1. The van der Waals surface area contributed by atoms with Crippen molar-refractivity contribution in [3.63, 3.8) is 0 Å². The lowest BCUT2D eigenvalue weighted by Gasteiger charge is -2.40. The van der Waals surface area contributed by atoms with Crippen molar-refractivity contribution in [3.8, 4) is 0 Å². The molecule has 160 valence electrons. The minimum atomic E-state index is 0.116. The summed E-state index contributed by atoms with van der Waals surface area (Å²) in [5.41, 5.74) is 5.21. The van der Waals surface area contributed by atoms with Crippen molar-refractivity contribution in [3.05, 3.63) is 64.2 Å². The summed E-state index contributed by atoms with van der Waals surface area (Å²) in [5, 5.41) is 0.777. The Labute approximate surface area is 185 Å². The summed E-state index contributed by atoms with van der Waals surface area (Å²) in [6.45, 7) is 10.6. The van der Waals surface area contributed by atoms with Crippen molar-refractivity contribution in [2.75, 3.05) is 44.2 Å². The van der Waals surface area contributed by atoms with Crippen molar-refractivity contribution in [1.29, 1.82) is 0 Å². The number of piperazine rings is 1. The summed E-state index contributed by atoms with van der Waals surface area (Å²) in [6.07, 6.45) is 2.08. The first-order valence-electron chi connectivity index (χ1n) is 11.1. The molecule has 0 saturated carbocycles. The van der Waals surface area contributed by atoms with Crippen molar-refractivity contribution in [1.82, 2.24) is 9.80 Å². The van der Waals surface area contributed by atoms with Crippen LogP contribution in [0.3, 0.4) is 0 Å². The number of hydrogen-bond acceptors (Lipinski definition) is 3. The molecular formula is C25H32ClN3O. The van der Waals surface area contributed by atoms with Crippen LogP contribution in [-0.2, 0) is 11.3 Å². The maximum absolute atomic E-state index is 13.2. The molecule has 2 aromatic carbocycles. The molecule has 5 heteroatoms. The van der Waals surface area contributed by atoms with E-state index in [0.29, 0.717) is 5.91 Å². The Bertz CT molecular complexity index is 892. The highest BCUT2D eigenvalue weighted by Gasteiger charge is 2.31. The van der Waals surface area contributed by atoms with Gasteiger partial charge in [0.15, 0.2) is 0 Å². The van der Waals surface area contributed by atoms with Crippen LogP contribution >= 0.6 is 11.6 Å². The molecular weight excluding hydrogens is 394 g/mol. The summed E-state index contributed by atoms with van der Waals surface area (Å²) < 4.78 is 0. The quantitative estimate of drug-likeness (QED) is 0.720. The predicted octanol–water partition coefficient (Wildman–Crippen LogP) is 4.52. The van der Waals surface area contributed by atoms with E-state index in [9.17, 15) is 4.79 Å². The van der Waals surface area contributed by atoms with Gasteiger partial charge < -0.3 is 9.80 Å². The van der Waals surface area contributed by atoms with Crippen LogP contribution in [0.5, 0.6) is 0 Å². The minimum Gasteiger partial charge on any atom is -0.368 e. The van der Waals surface area contributed by atoms with Crippen LogP contribution in [0.2, 0.25) is 5.02 Å². The number of carbonyl (C=O) groups is 1. The molecule has 0 spiro atoms. The third kappa shape index (κ3) is 4.81. The zero-order chi connectivity index (χ0) is 21.1. The molecule has 1 amide bonds. The Kier molecular flexibility index (Phi) is 6.64. The Morgan fingerprint density at radius 1 is 1.03 bits per heavy atom. The second kappa shape index (κ2) is 9.40. The van der Waals surface area contributed by atoms with E-state index < -0.39 is 0 Å². The van der Waals surface area contributed by atoms with E-state index in [1.165, 1.54) is 22.4 Å². The van der Waals surface area contributed by atoms with Gasteiger partial charge in [0.2, 0.25) is 5.91 Å². The number of nitrogens with zero attached hydrogens (tertiary/aromatic N) is 3. The van der Waals surface area contributed by atoms with Gasteiger partial charge in [-0.3, -0.25) is 9.69 Å². The van der Waals surface area contributed by atoms with Gasteiger partial charge in [-0.2, -0.15) is 0 Å². The number of amides is 1. The van der Waals surface area contributed by atoms with Gasteiger partial charge in [-0.1, -0.05) is 35.9 Å². The van der Waals surface area contributed by atoms with Crippen molar-refractivity contribution >= 4 is 23.2 Å². The highest BCUT2D eigenvalue weighted by molar-refractivity contribution is 6.30. The van der Waals surface area contributed by atoms with Gasteiger partial charge in [0, 0.05) is 50.0 Å². The SMILES string of the molecule is Cc1cccc(N2CCN(C(=O)C3CCCN(Cc4cccc(Cl)c4)C3)CC2)c1C. The number of piperidine rings is 1. The molecule has 0 radical (unpaired) electrons. The molecule has 0 N–H and O–H groups in total. The van der Waals surface area contributed by atoms with Gasteiger partial charge >= 0.3 is 0 Å². The Morgan fingerprint density at radius 3 is 2.57 bits per heavy atom. The van der Waals surface area contributed by atoms with E-state index in [2.05, 4.69) is 52.8 Å². The van der Waals surface area contributed by atoms with Crippen LogP contribution in [0.1, 0.15) is 29.5 Å². The maximum atomic E-state index is 13.2. The minimum absolute atomic E-state index is 0.116. The highest BCUT2D eigenvalue weighted by Crippen LogP contribution is 2.26. The first-order valence-corrected chi connectivity index (χ1v) is 11.5. The lowest BCUT2D eigenvalue weighted by Crippen LogP contribution is -2.52. The molecule has 4 rings (SSSR count). The molecule has 1 unspecified atom stereocenters. The molecule has 0 bridgehead atoms. The van der Waals surface area contributed by atoms with E-state index in [0.717, 1.165) is 63.7 Å². The van der Waals surface area contributed by atoms with Gasteiger partial charge in [0.1, 0.15) is 0 Å². The summed E-state index contributed by atoms with van der Waals surface area (Å²) in [6, 6.07) is 14.5. The summed E-state index contributed by atoms with van der Waals surface area (Å²) in [5.74, 6) is 0.455. The first-order chi connectivity index (χ1) is 14.5. The van der Waals surface area contributed by atoms with E-state index in [4.69, 9.17) is 11.6 Å². The average Bonchev–Trinajstić information content (AvgIpc) is 2.76.